The van der Waals surface area contributed by atoms with Crippen molar-refractivity contribution in [2.24, 2.45) is 7.05 Å². The highest BCUT2D eigenvalue weighted by atomic mass is 32.1. The number of methoxy groups -OCH3 is 1. The number of amides is 2. The lowest BCUT2D eigenvalue weighted by molar-refractivity contribution is -0.137. The number of ether oxygens (including phenoxy) is 1. The van der Waals surface area contributed by atoms with Crippen LogP contribution in [0.25, 0.3) is 21.3 Å². The number of thiazole rings is 1. The SMILES string of the molecule is CO[C@H]1CCCN(C(=O)CNC(=O)c2ccc3c(c2)nc(Nc2nc4ccc(C(F)(F)F)cc4s2)n3C)C1. The summed E-state index contributed by atoms with van der Waals surface area (Å²) in [5.41, 5.74) is 1.33. The highest BCUT2D eigenvalue weighted by molar-refractivity contribution is 7.22. The van der Waals surface area contributed by atoms with Gasteiger partial charge in [-0.3, -0.25) is 9.59 Å². The van der Waals surface area contributed by atoms with Gasteiger partial charge in [-0.15, -0.1) is 0 Å². The van der Waals surface area contributed by atoms with Crippen molar-refractivity contribution in [3.63, 3.8) is 0 Å². The molecule has 0 unspecified atom stereocenters. The van der Waals surface area contributed by atoms with Crippen molar-refractivity contribution in [1.82, 2.24) is 24.8 Å². The van der Waals surface area contributed by atoms with Crippen LogP contribution in [0.15, 0.2) is 36.4 Å². The van der Waals surface area contributed by atoms with Crippen molar-refractivity contribution >= 4 is 55.5 Å². The number of aromatic nitrogens is 3. The van der Waals surface area contributed by atoms with Crippen LogP contribution < -0.4 is 10.6 Å². The standard InChI is InChI=1S/C25H25F3N6O3S/c1-33-19-8-5-14(22(36)29-12-21(35)34-9-3-4-16(13-34)37-2)10-18(19)30-23(33)32-24-31-17-7-6-15(25(26,27)28)11-20(17)38-24/h5-8,10-11,16H,3-4,9,12-13H2,1-2H3,(H,29,36)(H,30,31,32)/t16-/m0/s1. The Hall–Kier alpha value is -3.71. The number of alkyl halides is 3. The van der Waals surface area contributed by atoms with Crippen LogP contribution in [0.3, 0.4) is 0 Å². The molecular weight excluding hydrogens is 521 g/mol. The monoisotopic (exact) mass is 546 g/mol. The molecule has 0 saturated carbocycles. The predicted molar refractivity (Wildman–Crippen MR) is 138 cm³/mol. The minimum Gasteiger partial charge on any atom is -0.380 e. The van der Waals surface area contributed by atoms with Gasteiger partial charge in [0.15, 0.2) is 5.13 Å². The molecule has 200 valence electrons. The summed E-state index contributed by atoms with van der Waals surface area (Å²) in [6.07, 6.45) is -2.65. The summed E-state index contributed by atoms with van der Waals surface area (Å²) >= 11 is 1.09. The van der Waals surface area contributed by atoms with Crippen LogP contribution >= 0.6 is 11.3 Å². The number of imidazole rings is 1. The number of benzene rings is 2. The van der Waals surface area contributed by atoms with E-state index in [-0.39, 0.29) is 18.6 Å². The number of hydrogen-bond acceptors (Lipinski definition) is 7. The molecule has 2 N–H and O–H groups in total. The second kappa shape index (κ2) is 10.2. The molecule has 2 aromatic heterocycles. The normalized spacial score (nSPS) is 16.2. The summed E-state index contributed by atoms with van der Waals surface area (Å²) in [5.74, 6) is -0.142. The van der Waals surface area contributed by atoms with E-state index in [1.54, 1.807) is 41.8 Å². The van der Waals surface area contributed by atoms with Crippen LogP contribution in [0.2, 0.25) is 0 Å². The Morgan fingerprint density at radius 2 is 1.97 bits per heavy atom. The van der Waals surface area contributed by atoms with E-state index in [9.17, 15) is 22.8 Å². The second-order valence-electron chi connectivity index (χ2n) is 9.04. The molecule has 9 nitrogen and oxygen atoms in total. The van der Waals surface area contributed by atoms with Gasteiger partial charge in [0.25, 0.3) is 5.91 Å². The number of fused-ring (bicyclic) bond motifs is 2. The van der Waals surface area contributed by atoms with Gasteiger partial charge >= 0.3 is 6.18 Å². The van der Waals surface area contributed by atoms with Crippen LogP contribution in [0.5, 0.6) is 0 Å². The van der Waals surface area contributed by atoms with Crippen molar-refractivity contribution in [2.45, 2.75) is 25.1 Å². The van der Waals surface area contributed by atoms with Crippen molar-refractivity contribution < 1.29 is 27.5 Å². The molecule has 0 spiro atoms. The number of piperidine rings is 1. The Bertz CT molecular complexity index is 1520. The van der Waals surface area contributed by atoms with Crippen molar-refractivity contribution in [1.29, 1.82) is 0 Å². The minimum absolute atomic E-state index is 0.0119. The van der Waals surface area contributed by atoms with Gasteiger partial charge in [-0.1, -0.05) is 11.3 Å². The molecule has 4 aromatic rings. The quantitative estimate of drug-likeness (QED) is 0.374. The van der Waals surface area contributed by atoms with E-state index in [4.69, 9.17) is 4.74 Å². The first-order valence-corrected chi connectivity index (χ1v) is 12.7. The molecular formula is C25H25F3N6O3S. The fourth-order valence-electron chi connectivity index (χ4n) is 4.43. The zero-order valence-corrected chi connectivity index (χ0v) is 21.4. The molecule has 5 rings (SSSR count). The molecule has 38 heavy (non-hydrogen) atoms. The van der Waals surface area contributed by atoms with Crippen molar-refractivity contribution in [3.8, 4) is 0 Å². The third-order valence-electron chi connectivity index (χ3n) is 6.54. The number of likely N-dealkylation sites (tertiary alicyclic amines) is 1. The third-order valence-corrected chi connectivity index (χ3v) is 7.48. The number of aryl methyl sites for hydroxylation is 1. The highest BCUT2D eigenvalue weighted by Gasteiger charge is 2.31. The lowest BCUT2D eigenvalue weighted by Crippen LogP contribution is -2.47. The van der Waals surface area contributed by atoms with Crippen LogP contribution in [0, 0.1) is 0 Å². The van der Waals surface area contributed by atoms with Gasteiger partial charge < -0.3 is 24.8 Å². The summed E-state index contributed by atoms with van der Waals surface area (Å²) < 4.78 is 46.6. The zero-order chi connectivity index (χ0) is 27.0. The summed E-state index contributed by atoms with van der Waals surface area (Å²) in [4.78, 5) is 35.9. The van der Waals surface area contributed by atoms with Gasteiger partial charge in [0.1, 0.15) is 0 Å². The fraction of sp³-hybridized carbons (Fsp3) is 0.360. The van der Waals surface area contributed by atoms with Gasteiger partial charge in [0, 0.05) is 32.8 Å². The highest BCUT2D eigenvalue weighted by Crippen LogP contribution is 2.35. The molecule has 0 radical (unpaired) electrons. The Morgan fingerprint density at radius 3 is 2.74 bits per heavy atom. The molecule has 2 amide bonds. The van der Waals surface area contributed by atoms with Gasteiger partial charge in [0.05, 0.1) is 39.5 Å². The Kier molecular flexibility index (Phi) is 6.97. The lowest BCUT2D eigenvalue weighted by atomic mass is 10.1. The Balaban J connectivity index is 1.28. The first kappa shape index (κ1) is 25.9. The third kappa shape index (κ3) is 5.29. The van der Waals surface area contributed by atoms with E-state index in [0.29, 0.717) is 45.5 Å². The topological polar surface area (TPSA) is 101 Å². The number of halogens is 3. The average molecular weight is 547 g/mol. The second-order valence-corrected chi connectivity index (χ2v) is 10.1. The molecule has 1 aliphatic rings. The van der Waals surface area contributed by atoms with Crippen LogP contribution in [0.1, 0.15) is 28.8 Å². The van der Waals surface area contributed by atoms with Gasteiger partial charge in [-0.2, -0.15) is 13.2 Å². The fourth-order valence-corrected chi connectivity index (χ4v) is 5.33. The Morgan fingerprint density at radius 1 is 1.16 bits per heavy atom. The maximum atomic E-state index is 13.0. The zero-order valence-electron chi connectivity index (χ0n) is 20.6. The predicted octanol–water partition coefficient (Wildman–Crippen LogP) is 4.31. The first-order valence-electron chi connectivity index (χ1n) is 11.9. The smallest absolute Gasteiger partial charge is 0.380 e. The maximum Gasteiger partial charge on any atom is 0.416 e. The molecule has 1 atom stereocenters. The number of hydrogen-bond donors (Lipinski definition) is 2. The van der Waals surface area contributed by atoms with Gasteiger partial charge in [-0.05, 0) is 49.2 Å². The molecule has 0 bridgehead atoms. The maximum absolute atomic E-state index is 13.0. The average Bonchev–Trinajstić information content (AvgIpc) is 3.45. The van der Waals surface area contributed by atoms with Crippen molar-refractivity contribution in [3.05, 3.63) is 47.5 Å². The number of carbonyl (C=O) groups is 2. The number of nitrogens with zero attached hydrogens (tertiary/aromatic N) is 4. The molecule has 1 aliphatic heterocycles. The minimum atomic E-state index is -4.43. The molecule has 1 fully saturated rings. The van der Waals surface area contributed by atoms with Gasteiger partial charge in [0.2, 0.25) is 11.9 Å². The van der Waals surface area contributed by atoms with E-state index in [1.165, 1.54) is 6.07 Å². The number of nitrogens with one attached hydrogen (secondary N) is 2. The molecule has 3 heterocycles. The van der Waals surface area contributed by atoms with Crippen LogP contribution in [0.4, 0.5) is 24.3 Å². The van der Waals surface area contributed by atoms with Crippen LogP contribution in [-0.4, -0.2) is 64.1 Å². The van der Waals surface area contributed by atoms with E-state index in [0.717, 1.165) is 41.8 Å². The summed E-state index contributed by atoms with van der Waals surface area (Å²) in [6, 6.07) is 8.42. The van der Waals surface area contributed by atoms with Gasteiger partial charge in [-0.25, -0.2) is 9.97 Å². The molecule has 13 heteroatoms. The molecule has 0 aliphatic carbocycles. The summed E-state index contributed by atoms with van der Waals surface area (Å²) in [5, 5.41) is 6.13. The van der Waals surface area contributed by atoms with Crippen LogP contribution in [-0.2, 0) is 22.8 Å². The van der Waals surface area contributed by atoms with E-state index >= 15 is 0 Å². The molecule has 1 saturated heterocycles. The summed E-state index contributed by atoms with van der Waals surface area (Å²) in [7, 11) is 3.40. The van der Waals surface area contributed by atoms with E-state index in [2.05, 4.69) is 20.6 Å². The van der Waals surface area contributed by atoms with E-state index in [1.807, 2.05) is 0 Å². The number of anilines is 2. The lowest BCUT2D eigenvalue weighted by Gasteiger charge is -2.32. The summed E-state index contributed by atoms with van der Waals surface area (Å²) in [6.45, 7) is 1.04. The molecule has 2 aromatic carbocycles. The number of rotatable bonds is 6. The van der Waals surface area contributed by atoms with Crippen molar-refractivity contribution in [2.75, 3.05) is 32.1 Å². The first-order chi connectivity index (χ1) is 18.1. The number of carbonyl (C=O) groups excluding carboxylic acids is 2. The largest absolute Gasteiger partial charge is 0.416 e. The Labute approximate surface area is 219 Å². The van der Waals surface area contributed by atoms with E-state index < -0.39 is 17.6 Å².